The number of nitrogen functional groups attached to an aromatic ring is 2. The van der Waals surface area contributed by atoms with Crippen LogP contribution in [0, 0.1) is 0 Å². The highest BCUT2D eigenvalue weighted by molar-refractivity contribution is 7.52. The second-order valence-electron chi connectivity index (χ2n) is 10.1. The largest absolute Gasteiger partial charge is 0.459 e. The summed E-state index contributed by atoms with van der Waals surface area (Å²) in [5.41, 5.74) is 10.7. The topological polar surface area (TPSA) is 227 Å². The zero-order valence-corrected chi connectivity index (χ0v) is 23.9. The molecule has 0 radical (unpaired) electrons. The number of nitrogens with two attached hydrogens (primary N) is 2. The van der Waals surface area contributed by atoms with E-state index in [1.54, 1.807) is 24.3 Å². The summed E-state index contributed by atoms with van der Waals surface area (Å²) in [6.45, 7) is 5.11. The van der Waals surface area contributed by atoms with E-state index in [2.05, 4.69) is 20.0 Å². The molecule has 2 unspecified atom stereocenters. The number of nitrogens with zero attached hydrogens (tertiary/aromatic N) is 4. The Hall–Kier alpha value is -3.46. The number of fused-ring (bicyclic) bond motifs is 1. The maximum absolute atomic E-state index is 13.9. The standard InChI is InChI=1S/C25H34N7O8P/c1-13(33)9-10-16-7-5-6-8-17(16)40-41(37,31-14(2)15(3)34)38-11-18-20(35)25(4,36)23(39-18)32-12-28-19-21(26)29-24(27)30-22(19)32/h5-8,12,14,18,20,23,35-36H,9-11H2,1-4H3,(H,31,37)(H4,26,27,29,30)/t14-,18?,20+,23+,25+,41?/m0/s1. The van der Waals surface area contributed by atoms with Crippen LogP contribution in [0.1, 0.15) is 45.9 Å². The van der Waals surface area contributed by atoms with Crippen molar-refractivity contribution in [2.45, 2.75) is 70.6 Å². The van der Waals surface area contributed by atoms with Crippen molar-refractivity contribution in [1.82, 2.24) is 24.6 Å². The van der Waals surface area contributed by atoms with Gasteiger partial charge in [-0.25, -0.2) is 14.6 Å². The van der Waals surface area contributed by atoms with Crippen molar-refractivity contribution in [3.05, 3.63) is 36.2 Å². The lowest BCUT2D eigenvalue weighted by molar-refractivity contribution is -0.118. The highest BCUT2D eigenvalue weighted by Crippen LogP contribution is 2.48. The van der Waals surface area contributed by atoms with Gasteiger partial charge in [-0.3, -0.25) is 13.9 Å². The molecule has 6 atom stereocenters. The van der Waals surface area contributed by atoms with Crippen molar-refractivity contribution in [1.29, 1.82) is 0 Å². The minimum Gasteiger partial charge on any atom is -0.413 e. The highest BCUT2D eigenvalue weighted by atomic mass is 31.2. The normalized spacial score (nSPS) is 24.7. The minimum absolute atomic E-state index is 0.0247. The van der Waals surface area contributed by atoms with E-state index in [4.69, 9.17) is 25.3 Å². The number of hydrogen-bond donors (Lipinski definition) is 5. The Morgan fingerprint density at radius 2 is 1.98 bits per heavy atom. The van der Waals surface area contributed by atoms with Gasteiger partial charge in [-0.2, -0.15) is 9.97 Å². The summed E-state index contributed by atoms with van der Waals surface area (Å²) >= 11 is 0. The number of benzene rings is 1. The van der Waals surface area contributed by atoms with E-state index < -0.39 is 44.4 Å². The highest BCUT2D eigenvalue weighted by Gasteiger charge is 2.54. The smallest absolute Gasteiger partial charge is 0.413 e. The quantitative estimate of drug-likeness (QED) is 0.187. The van der Waals surface area contributed by atoms with Gasteiger partial charge in [0.25, 0.3) is 0 Å². The van der Waals surface area contributed by atoms with Gasteiger partial charge in [0.05, 0.1) is 19.0 Å². The average Bonchev–Trinajstić information content (AvgIpc) is 3.40. The Morgan fingerprint density at radius 1 is 1.27 bits per heavy atom. The molecule has 0 amide bonds. The molecule has 1 aliphatic heterocycles. The van der Waals surface area contributed by atoms with Gasteiger partial charge in [-0.1, -0.05) is 18.2 Å². The third kappa shape index (κ3) is 6.56. The zero-order valence-electron chi connectivity index (χ0n) is 23.1. The third-order valence-electron chi connectivity index (χ3n) is 6.78. The molecule has 2 aromatic heterocycles. The number of nitrogens with one attached hydrogen (secondary N) is 1. The molecule has 3 heterocycles. The summed E-state index contributed by atoms with van der Waals surface area (Å²) < 4.78 is 32.8. The van der Waals surface area contributed by atoms with E-state index in [-0.39, 0.29) is 46.7 Å². The Balaban J connectivity index is 1.58. The van der Waals surface area contributed by atoms with Crippen LogP contribution in [0.2, 0.25) is 0 Å². The number of carbonyl (C=O) groups is 2. The first-order chi connectivity index (χ1) is 19.2. The number of Topliss-reactive ketones (excluding diaryl/α,β-unsaturated/α-hetero) is 2. The molecule has 0 aliphatic carbocycles. The van der Waals surface area contributed by atoms with Gasteiger partial charge in [-0.05, 0) is 45.7 Å². The summed E-state index contributed by atoms with van der Waals surface area (Å²) in [6.07, 6.45) is -2.06. The van der Waals surface area contributed by atoms with Crippen molar-refractivity contribution >= 4 is 42.2 Å². The van der Waals surface area contributed by atoms with Gasteiger partial charge in [-0.15, -0.1) is 0 Å². The van der Waals surface area contributed by atoms with Crippen LogP contribution >= 0.6 is 7.75 Å². The maximum Gasteiger partial charge on any atom is 0.459 e. The lowest BCUT2D eigenvalue weighted by atomic mass is 9.96. The lowest BCUT2D eigenvalue weighted by Crippen LogP contribution is -2.44. The molecule has 15 nitrogen and oxygen atoms in total. The predicted octanol–water partition coefficient (Wildman–Crippen LogP) is 1.29. The second-order valence-corrected chi connectivity index (χ2v) is 11.8. The average molecular weight is 592 g/mol. The predicted molar refractivity (Wildman–Crippen MR) is 148 cm³/mol. The molecular weight excluding hydrogens is 557 g/mol. The summed E-state index contributed by atoms with van der Waals surface area (Å²) in [7, 11) is -4.28. The van der Waals surface area contributed by atoms with Crippen LogP contribution in [-0.2, 0) is 29.8 Å². The second kappa shape index (κ2) is 11.8. The van der Waals surface area contributed by atoms with Crippen molar-refractivity contribution in [2.24, 2.45) is 0 Å². The molecule has 41 heavy (non-hydrogen) atoms. The molecule has 7 N–H and O–H groups in total. The minimum atomic E-state index is -4.28. The number of aromatic nitrogens is 4. The fraction of sp³-hybridized carbons (Fsp3) is 0.480. The number of anilines is 2. The van der Waals surface area contributed by atoms with Crippen LogP contribution in [0.5, 0.6) is 5.75 Å². The summed E-state index contributed by atoms with van der Waals surface area (Å²) in [4.78, 5) is 35.7. The van der Waals surface area contributed by atoms with Gasteiger partial charge in [0.1, 0.15) is 40.6 Å². The maximum atomic E-state index is 13.9. The molecule has 1 aliphatic rings. The fourth-order valence-corrected chi connectivity index (χ4v) is 5.95. The number of ether oxygens (including phenoxy) is 1. The summed E-state index contributed by atoms with van der Waals surface area (Å²) in [6, 6.07) is 5.78. The van der Waals surface area contributed by atoms with Crippen molar-refractivity contribution in [2.75, 3.05) is 18.1 Å². The number of aryl methyl sites for hydroxylation is 1. The molecule has 1 saturated heterocycles. The van der Waals surface area contributed by atoms with Gasteiger partial charge in [0.15, 0.2) is 17.7 Å². The Morgan fingerprint density at radius 3 is 2.66 bits per heavy atom. The number of para-hydroxylation sites is 1. The Kier molecular flexibility index (Phi) is 8.78. The van der Waals surface area contributed by atoms with Gasteiger partial charge >= 0.3 is 7.75 Å². The molecule has 1 fully saturated rings. The molecular formula is C25H34N7O8P. The van der Waals surface area contributed by atoms with Crippen molar-refractivity contribution in [3.8, 4) is 5.75 Å². The third-order valence-corrected chi connectivity index (χ3v) is 8.41. The van der Waals surface area contributed by atoms with Crippen LogP contribution in [0.4, 0.5) is 11.8 Å². The summed E-state index contributed by atoms with van der Waals surface area (Å²) in [5, 5.41) is 24.8. The van der Waals surface area contributed by atoms with Gasteiger partial charge in [0, 0.05) is 6.42 Å². The van der Waals surface area contributed by atoms with Gasteiger partial charge in [0.2, 0.25) is 5.95 Å². The van der Waals surface area contributed by atoms with Crippen LogP contribution < -0.4 is 21.1 Å². The first kappa shape index (κ1) is 30.5. The van der Waals surface area contributed by atoms with Crippen LogP contribution in [0.25, 0.3) is 11.2 Å². The number of aliphatic hydroxyl groups is 2. The molecule has 222 valence electrons. The zero-order chi connectivity index (χ0) is 30.1. The number of carbonyl (C=O) groups excluding carboxylic acids is 2. The monoisotopic (exact) mass is 591 g/mol. The fourth-order valence-electron chi connectivity index (χ4n) is 4.33. The molecule has 3 aromatic rings. The Bertz CT molecular complexity index is 1500. The van der Waals surface area contributed by atoms with E-state index in [0.29, 0.717) is 12.0 Å². The van der Waals surface area contributed by atoms with Crippen molar-refractivity contribution in [3.63, 3.8) is 0 Å². The number of imidazole rings is 1. The molecule has 4 rings (SSSR count). The first-order valence-electron chi connectivity index (χ1n) is 12.8. The molecule has 0 spiro atoms. The van der Waals surface area contributed by atoms with E-state index in [0.717, 1.165) is 0 Å². The van der Waals surface area contributed by atoms with Crippen molar-refractivity contribution < 1.29 is 38.2 Å². The van der Waals surface area contributed by atoms with E-state index >= 15 is 0 Å². The summed E-state index contributed by atoms with van der Waals surface area (Å²) in [5.74, 6) is -0.259. The van der Waals surface area contributed by atoms with Crippen LogP contribution in [0.15, 0.2) is 30.6 Å². The van der Waals surface area contributed by atoms with E-state index in [1.807, 2.05) is 0 Å². The van der Waals surface area contributed by atoms with Crippen LogP contribution in [0.3, 0.4) is 0 Å². The number of aliphatic hydroxyl groups excluding tert-OH is 1. The lowest BCUT2D eigenvalue weighted by Gasteiger charge is -2.27. The molecule has 0 saturated carbocycles. The first-order valence-corrected chi connectivity index (χ1v) is 14.4. The SMILES string of the molecule is CC(=O)CCc1ccccc1OP(=O)(N[C@@H](C)C(C)=O)OCC1O[C@@H](n2cnc3c(N)nc(N)nc32)[C@](C)(O)[C@@H]1O. The van der Waals surface area contributed by atoms with E-state index in [9.17, 15) is 24.4 Å². The molecule has 0 bridgehead atoms. The number of rotatable bonds is 12. The number of hydrogen-bond acceptors (Lipinski definition) is 13. The van der Waals surface area contributed by atoms with Gasteiger partial charge < -0.3 is 35.7 Å². The Labute approximate surface area is 235 Å². The number of ketones is 2. The van der Waals surface area contributed by atoms with Crippen LogP contribution in [-0.4, -0.2) is 71.8 Å². The molecule has 1 aromatic carbocycles. The van der Waals surface area contributed by atoms with E-state index in [1.165, 1.54) is 38.6 Å². The molecule has 16 heteroatoms.